The zero-order chi connectivity index (χ0) is 15.3. The highest BCUT2D eigenvalue weighted by Gasteiger charge is 2.39. The Hall–Kier alpha value is -1.55. The quantitative estimate of drug-likeness (QED) is 0.844. The first kappa shape index (κ1) is 15.8. The predicted molar refractivity (Wildman–Crippen MR) is 87.5 cm³/mol. The predicted octanol–water partition coefficient (Wildman–Crippen LogP) is 2.29. The van der Waals surface area contributed by atoms with Crippen LogP contribution in [0.1, 0.15) is 38.2 Å². The molecule has 1 fully saturated rings. The zero-order valence-electron chi connectivity index (χ0n) is 13.4. The molecule has 4 heteroatoms. The molecule has 2 rings (SSSR count). The van der Waals surface area contributed by atoms with Gasteiger partial charge >= 0.3 is 0 Å². The van der Waals surface area contributed by atoms with Gasteiger partial charge in [0.25, 0.3) is 0 Å². The summed E-state index contributed by atoms with van der Waals surface area (Å²) < 4.78 is 0. The zero-order valence-corrected chi connectivity index (χ0v) is 13.4. The molecule has 2 N–H and O–H groups in total. The molecule has 1 aromatic rings. The molecule has 1 unspecified atom stereocenters. The van der Waals surface area contributed by atoms with Gasteiger partial charge in [0.05, 0.1) is 5.54 Å². The summed E-state index contributed by atoms with van der Waals surface area (Å²) in [4.78, 5) is 14.6. The molecule has 21 heavy (non-hydrogen) atoms. The Bertz CT molecular complexity index is 461. The number of anilines is 1. The van der Waals surface area contributed by atoms with E-state index in [4.69, 9.17) is 0 Å². The van der Waals surface area contributed by atoms with Crippen molar-refractivity contribution in [2.45, 2.75) is 44.7 Å². The lowest BCUT2D eigenvalue weighted by molar-refractivity contribution is -0.127. The van der Waals surface area contributed by atoms with Crippen LogP contribution in [-0.4, -0.2) is 32.1 Å². The summed E-state index contributed by atoms with van der Waals surface area (Å²) in [6, 6.07) is 8.31. The third kappa shape index (κ3) is 3.76. The average Bonchev–Trinajstić information content (AvgIpc) is 2.95. The van der Waals surface area contributed by atoms with E-state index in [1.54, 1.807) is 0 Å². The van der Waals surface area contributed by atoms with E-state index >= 15 is 0 Å². The van der Waals surface area contributed by atoms with Crippen molar-refractivity contribution >= 4 is 11.6 Å². The Kier molecular flexibility index (Phi) is 5.23. The fraction of sp³-hybridized carbons (Fsp3) is 0.588. The van der Waals surface area contributed by atoms with Gasteiger partial charge in [0.2, 0.25) is 5.91 Å². The summed E-state index contributed by atoms with van der Waals surface area (Å²) in [7, 11) is 4.05. The average molecular weight is 289 g/mol. The Balaban J connectivity index is 1.93. The lowest BCUT2D eigenvalue weighted by atomic mass is 9.91. The van der Waals surface area contributed by atoms with Crippen LogP contribution in [0.25, 0.3) is 0 Å². The maximum Gasteiger partial charge on any atom is 0.240 e. The summed E-state index contributed by atoms with van der Waals surface area (Å²) in [5.41, 5.74) is 1.97. The first-order valence-corrected chi connectivity index (χ1v) is 7.87. The Morgan fingerprint density at radius 3 is 2.57 bits per heavy atom. The maximum absolute atomic E-state index is 12.5. The third-order valence-electron chi connectivity index (χ3n) is 4.26. The highest BCUT2D eigenvalue weighted by Crippen LogP contribution is 2.25. The van der Waals surface area contributed by atoms with E-state index in [0.717, 1.165) is 37.8 Å². The molecular weight excluding hydrogens is 262 g/mol. The van der Waals surface area contributed by atoms with Gasteiger partial charge in [-0.05, 0) is 43.5 Å². The number of nitrogens with zero attached hydrogens (tertiary/aromatic N) is 1. The van der Waals surface area contributed by atoms with E-state index in [0.29, 0.717) is 6.54 Å². The van der Waals surface area contributed by atoms with Crippen molar-refractivity contribution < 1.29 is 4.79 Å². The largest absolute Gasteiger partial charge is 0.378 e. The van der Waals surface area contributed by atoms with Crippen molar-refractivity contribution in [3.63, 3.8) is 0 Å². The number of amides is 1. The second-order valence-electron chi connectivity index (χ2n) is 6.11. The standard InChI is InChI=1S/C17H27N3O/c1-4-10-17(11-5-12-19-17)16(21)18-13-14-6-8-15(9-7-14)20(2)3/h6-9,19H,4-5,10-13H2,1-3H3,(H,18,21). The Morgan fingerprint density at radius 2 is 2.05 bits per heavy atom. The lowest BCUT2D eigenvalue weighted by Gasteiger charge is -2.27. The van der Waals surface area contributed by atoms with Crippen molar-refractivity contribution in [3.8, 4) is 0 Å². The summed E-state index contributed by atoms with van der Waals surface area (Å²) in [6.07, 6.45) is 3.98. The van der Waals surface area contributed by atoms with Gasteiger partial charge < -0.3 is 15.5 Å². The van der Waals surface area contributed by atoms with Gasteiger partial charge in [-0.2, -0.15) is 0 Å². The number of carbonyl (C=O) groups is 1. The summed E-state index contributed by atoms with van der Waals surface area (Å²) in [5.74, 6) is 0.151. The molecule has 0 saturated carbocycles. The monoisotopic (exact) mass is 289 g/mol. The fourth-order valence-corrected chi connectivity index (χ4v) is 3.02. The van der Waals surface area contributed by atoms with Crippen LogP contribution < -0.4 is 15.5 Å². The number of benzene rings is 1. The van der Waals surface area contributed by atoms with Crippen molar-refractivity contribution in [3.05, 3.63) is 29.8 Å². The van der Waals surface area contributed by atoms with Gasteiger partial charge in [-0.3, -0.25) is 4.79 Å². The SMILES string of the molecule is CCCC1(C(=O)NCc2ccc(N(C)C)cc2)CCCN1. The minimum atomic E-state index is -0.335. The molecular formula is C17H27N3O. The number of hydrogen-bond donors (Lipinski definition) is 2. The fourth-order valence-electron chi connectivity index (χ4n) is 3.02. The number of hydrogen-bond acceptors (Lipinski definition) is 3. The van der Waals surface area contributed by atoms with Gasteiger partial charge in [-0.1, -0.05) is 25.5 Å². The molecule has 1 heterocycles. The minimum Gasteiger partial charge on any atom is -0.378 e. The van der Waals surface area contributed by atoms with Gasteiger partial charge in [-0.15, -0.1) is 0 Å². The summed E-state index contributed by atoms with van der Waals surface area (Å²) >= 11 is 0. The van der Waals surface area contributed by atoms with Crippen molar-refractivity contribution in [1.82, 2.24) is 10.6 Å². The van der Waals surface area contributed by atoms with E-state index in [1.165, 1.54) is 5.69 Å². The van der Waals surface area contributed by atoms with Crippen molar-refractivity contribution in [1.29, 1.82) is 0 Å². The molecule has 1 aliphatic rings. The molecule has 0 bridgehead atoms. The molecule has 0 radical (unpaired) electrons. The van der Waals surface area contributed by atoms with Crippen LogP contribution in [-0.2, 0) is 11.3 Å². The van der Waals surface area contributed by atoms with Crippen LogP contribution in [0, 0.1) is 0 Å². The number of nitrogens with one attached hydrogen (secondary N) is 2. The Morgan fingerprint density at radius 1 is 1.33 bits per heavy atom. The van der Waals surface area contributed by atoms with E-state index in [-0.39, 0.29) is 11.4 Å². The molecule has 1 aromatic carbocycles. The third-order valence-corrected chi connectivity index (χ3v) is 4.26. The van der Waals surface area contributed by atoms with Gasteiger partial charge in [0.1, 0.15) is 0 Å². The normalized spacial score (nSPS) is 21.3. The first-order chi connectivity index (χ1) is 10.1. The molecule has 0 aromatic heterocycles. The topological polar surface area (TPSA) is 44.4 Å². The number of rotatable bonds is 6. The maximum atomic E-state index is 12.5. The van der Waals surface area contributed by atoms with E-state index < -0.39 is 0 Å². The van der Waals surface area contributed by atoms with Crippen molar-refractivity contribution in [2.75, 3.05) is 25.5 Å². The number of carbonyl (C=O) groups excluding carboxylic acids is 1. The minimum absolute atomic E-state index is 0.151. The smallest absolute Gasteiger partial charge is 0.240 e. The molecule has 1 saturated heterocycles. The van der Waals surface area contributed by atoms with E-state index in [9.17, 15) is 4.79 Å². The van der Waals surface area contributed by atoms with Crippen LogP contribution in [0.4, 0.5) is 5.69 Å². The van der Waals surface area contributed by atoms with Crippen LogP contribution in [0.2, 0.25) is 0 Å². The van der Waals surface area contributed by atoms with Crippen molar-refractivity contribution in [2.24, 2.45) is 0 Å². The lowest BCUT2D eigenvalue weighted by Crippen LogP contribution is -2.53. The van der Waals surface area contributed by atoms with Crippen LogP contribution >= 0.6 is 0 Å². The highest BCUT2D eigenvalue weighted by atomic mass is 16.2. The molecule has 0 aliphatic carbocycles. The molecule has 1 aliphatic heterocycles. The molecule has 116 valence electrons. The van der Waals surface area contributed by atoms with Gasteiger partial charge in [0, 0.05) is 26.3 Å². The molecule has 1 amide bonds. The second-order valence-corrected chi connectivity index (χ2v) is 6.11. The van der Waals surface area contributed by atoms with Crippen LogP contribution in [0.5, 0.6) is 0 Å². The van der Waals surface area contributed by atoms with Gasteiger partial charge in [-0.25, -0.2) is 0 Å². The summed E-state index contributed by atoms with van der Waals surface area (Å²) in [6.45, 7) is 3.68. The molecule has 4 nitrogen and oxygen atoms in total. The highest BCUT2D eigenvalue weighted by molar-refractivity contribution is 5.86. The molecule has 1 atom stereocenters. The van der Waals surface area contributed by atoms with Crippen LogP contribution in [0.3, 0.4) is 0 Å². The second kappa shape index (κ2) is 6.94. The van der Waals surface area contributed by atoms with E-state index in [2.05, 4.69) is 46.7 Å². The first-order valence-electron chi connectivity index (χ1n) is 7.87. The summed E-state index contributed by atoms with van der Waals surface area (Å²) in [5, 5.41) is 6.51. The van der Waals surface area contributed by atoms with Gasteiger partial charge in [0.15, 0.2) is 0 Å². The molecule has 0 spiro atoms. The Labute approximate surface area is 127 Å². The van der Waals surface area contributed by atoms with Crippen LogP contribution in [0.15, 0.2) is 24.3 Å². The van der Waals surface area contributed by atoms with E-state index in [1.807, 2.05) is 14.1 Å².